The molecule has 2 rings (SSSR count). The van der Waals surface area contributed by atoms with Crippen molar-refractivity contribution in [1.82, 2.24) is 4.90 Å². The van der Waals surface area contributed by atoms with Crippen molar-refractivity contribution in [1.29, 1.82) is 0 Å². The van der Waals surface area contributed by atoms with Gasteiger partial charge in [0.15, 0.2) is 0 Å². The van der Waals surface area contributed by atoms with Crippen LogP contribution in [0.3, 0.4) is 0 Å². The Kier molecular flexibility index (Phi) is 4.16. The molecule has 0 aliphatic carbocycles. The predicted molar refractivity (Wildman–Crippen MR) is 72.2 cm³/mol. The van der Waals surface area contributed by atoms with E-state index in [1.165, 1.54) is 18.2 Å². The van der Waals surface area contributed by atoms with E-state index in [0.29, 0.717) is 18.8 Å². The van der Waals surface area contributed by atoms with Gasteiger partial charge in [-0.25, -0.2) is 0 Å². The molecule has 1 aliphatic rings. The number of nitro benzene ring substituents is 1. The highest BCUT2D eigenvalue weighted by Gasteiger charge is 2.26. The molecule has 8 heteroatoms. The zero-order valence-corrected chi connectivity index (χ0v) is 11.0. The second kappa shape index (κ2) is 5.85. The van der Waals surface area contributed by atoms with Crippen LogP contribution in [-0.2, 0) is 4.74 Å². The molecule has 1 aromatic carbocycles. The Balaban J connectivity index is 2.23. The van der Waals surface area contributed by atoms with Crippen molar-refractivity contribution >= 4 is 17.3 Å². The van der Waals surface area contributed by atoms with E-state index in [1.54, 1.807) is 11.9 Å². The van der Waals surface area contributed by atoms with E-state index < -0.39 is 4.92 Å². The Hall–Kier alpha value is -2.19. The lowest BCUT2D eigenvalue weighted by Crippen LogP contribution is -2.37. The third-order valence-electron chi connectivity index (χ3n) is 3.37. The Morgan fingerprint density at radius 2 is 2.35 bits per heavy atom. The summed E-state index contributed by atoms with van der Waals surface area (Å²) in [7, 11) is 1.69. The molecule has 108 valence electrons. The lowest BCUT2D eigenvalue weighted by molar-refractivity contribution is -0.384. The van der Waals surface area contributed by atoms with Gasteiger partial charge in [0.25, 0.3) is 11.6 Å². The lowest BCUT2D eigenvalue weighted by atomic mass is 10.1. The number of rotatable bonds is 4. The van der Waals surface area contributed by atoms with Crippen LogP contribution >= 0.6 is 0 Å². The molecule has 1 saturated heterocycles. The van der Waals surface area contributed by atoms with Gasteiger partial charge in [0.05, 0.1) is 17.6 Å². The van der Waals surface area contributed by atoms with Gasteiger partial charge in [-0.3, -0.25) is 20.8 Å². The highest BCUT2D eigenvalue weighted by molar-refractivity contribution is 5.96. The normalized spacial score (nSPS) is 17.8. The largest absolute Gasteiger partial charge is 0.379 e. The molecular formula is C12H16N4O4. The average molecular weight is 280 g/mol. The smallest absolute Gasteiger partial charge is 0.293 e. The molecule has 1 aliphatic heterocycles. The summed E-state index contributed by atoms with van der Waals surface area (Å²) < 4.78 is 5.24. The van der Waals surface area contributed by atoms with Crippen molar-refractivity contribution < 1.29 is 14.5 Å². The summed E-state index contributed by atoms with van der Waals surface area (Å²) in [6.45, 7) is 1.15. The summed E-state index contributed by atoms with van der Waals surface area (Å²) in [6, 6.07) is 4.11. The zero-order chi connectivity index (χ0) is 14.7. The van der Waals surface area contributed by atoms with Crippen molar-refractivity contribution in [3.05, 3.63) is 33.9 Å². The molecule has 1 atom stereocenters. The van der Waals surface area contributed by atoms with Gasteiger partial charge in [0.1, 0.15) is 5.69 Å². The van der Waals surface area contributed by atoms with Crippen LogP contribution in [0.2, 0.25) is 0 Å². The number of nitrogen functional groups attached to an aromatic ring is 1. The van der Waals surface area contributed by atoms with E-state index in [4.69, 9.17) is 10.6 Å². The Bertz CT molecular complexity index is 528. The van der Waals surface area contributed by atoms with E-state index in [-0.39, 0.29) is 23.3 Å². The van der Waals surface area contributed by atoms with Gasteiger partial charge < -0.3 is 15.1 Å². The van der Waals surface area contributed by atoms with Crippen LogP contribution in [0.4, 0.5) is 11.4 Å². The molecule has 0 spiro atoms. The summed E-state index contributed by atoms with van der Waals surface area (Å²) in [5.41, 5.74) is 2.53. The molecule has 1 amide bonds. The Labute approximate surface area is 115 Å². The van der Waals surface area contributed by atoms with Crippen molar-refractivity contribution in [3.8, 4) is 0 Å². The van der Waals surface area contributed by atoms with Gasteiger partial charge in [-0.15, -0.1) is 0 Å². The van der Waals surface area contributed by atoms with Crippen molar-refractivity contribution in [3.63, 3.8) is 0 Å². The number of nitrogens with two attached hydrogens (primary N) is 1. The number of nitrogens with zero attached hydrogens (tertiary/aromatic N) is 2. The van der Waals surface area contributed by atoms with Crippen molar-refractivity contribution in [2.75, 3.05) is 25.7 Å². The maximum absolute atomic E-state index is 12.3. The van der Waals surface area contributed by atoms with E-state index in [0.717, 1.165) is 6.42 Å². The third-order valence-corrected chi connectivity index (χ3v) is 3.37. The number of hydrogen-bond donors (Lipinski definition) is 2. The van der Waals surface area contributed by atoms with E-state index >= 15 is 0 Å². The minimum Gasteiger partial charge on any atom is -0.379 e. The molecule has 20 heavy (non-hydrogen) atoms. The third kappa shape index (κ3) is 2.70. The maximum Gasteiger partial charge on any atom is 0.293 e. The number of nitrogens with one attached hydrogen (secondary N) is 1. The van der Waals surface area contributed by atoms with Gasteiger partial charge in [0.2, 0.25) is 0 Å². The molecule has 0 saturated carbocycles. The first-order valence-electron chi connectivity index (χ1n) is 6.14. The predicted octanol–water partition coefficient (Wildman–Crippen LogP) is 0.741. The zero-order valence-electron chi connectivity index (χ0n) is 11.0. The fourth-order valence-electron chi connectivity index (χ4n) is 2.14. The second-order valence-corrected chi connectivity index (χ2v) is 4.57. The molecule has 0 radical (unpaired) electrons. The molecule has 1 heterocycles. The van der Waals surface area contributed by atoms with E-state index in [2.05, 4.69) is 5.43 Å². The number of anilines is 1. The van der Waals surface area contributed by atoms with Crippen LogP contribution in [0.5, 0.6) is 0 Å². The topological polar surface area (TPSA) is 111 Å². The standard InChI is InChI=1S/C12H16N4O4/c1-15(9-4-5-20-7-9)12(17)8-2-3-11(16(18)19)10(6-8)14-13/h2-3,6,9,14H,4-5,7,13H2,1H3. The van der Waals surface area contributed by atoms with Gasteiger partial charge in [0, 0.05) is 25.3 Å². The van der Waals surface area contributed by atoms with Gasteiger partial charge >= 0.3 is 0 Å². The Morgan fingerprint density at radius 1 is 1.60 bits per heavy atom. The first-order valence-corrected chi connectivity index (χ1v) is 6.14. The van der Waals surface area contributed by atoms with Crippen LogP contribution in [0.1, 0.15) is 16.8 Å². The molecule has 1 aromatic rings. The van der Waals surface area contributed by atoms with E-state index in [1.807, 2.05) is 0 Å². The van der Waals surface area contributed by atoms with Gasteiger partial charge in [-0.2, -0.15) is 0 Å². The van der Waals surface area contributed by atoms with E-state index in [9.17, 15) is 14.9 Å². The van der Waals surface area contributed by atoms with Crippen molar-refractivity contribution in [2.45, 2.75) is 12.5 Å². The molecule has 1 unspecified atom stereocenters. The molecule has 1 fully saturated rings. The summed E-state index contributed by atoms with van der Waals surface area (Å²) in [5.74, 6) is 5.04. The molecule has 0 aromatic heterocycles. The number of hydrogen-bond acceptors (Lipinski definition) is 6. The number of likely N-dealkylation sites (N-methyl/N-ethyl adjacent to an activating group) is 1. The fraction of sp³-hybridized carbons (Fsp3) is 0.417. The highest BCUT2D eigenvalue weighted by atomic mass is 16.6. The quantitative estimate of drug-likeness (QED) is 0.478. The number of hydrazine groups is 1. The fourth-order valence-corrected chi connectivity index (χ4v) is 2.14. The summed E-state index contributed by atoms with van der Waals surface area (Å²) in [5, 5.41) is 10.8. The van der Waals surface area contributed by atoms with Crippen molar-refractivity contribution in [2.24, 2.45) is 5.84 Å². The summed E-state index contributed by atoms with van der Waals surface area (Å²) >= 11 is 0. The number of nitro groups is 1. The minimum absolute atomic E-state index is 0.0342. The number of benzene rings is 1. The van der Waals surface area contributed by atoms with Gasteiger partial charge in [-0.1, -0.05) is 0 Å². The molecule has 0 bridgehead atoms. The van der Waals surface area contributed by atoms with Crippen LogP contribution in [0.25, 0.3) is 0 Å². The highest BCUT2D eigenvalue weighted by Crippen LogP contribution is 2.25. The number of carbonyl (C=O) groups is 1. The molecular weight excluding hydrogens is 264 g/mol. The maximum atomic E-state index is 12.3. The number of ether oxygens (including phenoxy) is 1. The van der Waals surface area contributed by atoms with Crippen LogP contribution in [0, 0.1) is 10.1 Å². The van der Waals surface area contributed by atoms with Crippen LogP contribution in [0.15, 0.2) is 18.2 Å². The lowest BCUT2D eigenvalue weighted by Gasteiger charge is -2.23. The first-order chi connectivity index (χ1) is 9.54. The van der Waals surface area contributed by atoms with Crippen LogP contribution in [-0.4, -0.2) is 42.0 Å². The van der Waals surface area contributed by atoms with Gasteiger partial charge in [-0.05, 0) is 18.6 Å². The minimum atomic E-state index is -0.558. The molecule has 3 N–H and O–H groups in total. The number of amides is 1. The SMILES string of the molecule is CN(C(=O)c1ccc([N+](=O)[O-])c(NN)c1)C1CCOC1. The first kappa shape index (κ1) is 14.2. The summed E-state index contributed by atoms with van der Waals surface area (Å²) in [6.07, 6.45) is 0.789. The molecule has 8 nitrogen and oxygen atoms in total. The van der Waals surface area contributed by atoms with Crippen LogP contribution < -0.4 is 11.3 Å². The number of carbonyl (C=O) groups excluding carboxylic acids is 1. The monoisotopic (exact) mass is 280 g/mol. The summed E-state index contributed by atoms with van der Waals surface area (Å²) in [4.78, 5) is 24.2. The second-order valence-electron chi connectivity index (χ2n) is 4.57. The Morgan fingerprint density at radius 3 is 2.90 bits per heavy atom. The average Bonchev–Trinajstić information content (AvgIpc) is 2.99.